The van der Waals surface area contributed by atoms with Crippen LogP contribution in [0.4, 0.5) is 5.69 Å². The number of hydrogen-bond acceptors (Lipinski definition) is 6. The monoisotopic (exact) mass is 421 g/mol. The van der Waals surface area contributed by atoms with Crippen LogP contribution < -0.4 is 0 Å². The van der Waals surface area contributed by atoms with Crippen molar-refractivity contribution in [1.29, 1.82) is 0 Å². The summed E-state index contributed by atoms with van der Waals surface area (Å²) in [6.45, 7) is 1.94. The summed E-state index contributed by atoms with van der Waals surface area (Å²) < 4.78 is 11.2. The van der Waals surface area contributed by atoms with Gasteiger partial charge in [0.15, 0.2) is 0 Å². The molecule has 0 saturated carbocycles. The first-order valence-electron chi connectivity index (χ1n) is 9.64. The van der Waals surface area contributed by atoms with E-state index in [1.807, 2.05) is 49.4 Å². The van der Waals surface area contributed by atoms with Crippen molar-refractivity contribution in [3.8, 4) is 0 Å². The second-order valence-electron chi connectivity index (χ2n) is 7.12. The van der Waals surface area contributed by atoms with Crippen molar-refractivity contribution >= 4 is 11.7 Å². The minimum Gasteiger partial charge on any atom is -0.467 e. The number of carbonyl (C=O) groups is 1. The molecular formula is C24H23NO6. The van der Waals surface area contributed by atoms with Crippen LogP contribution in [-0.4, -0.2) is 23.1 Å². The van der Waals surface area contributed by atoms with Gasteiger partial charge in [-0.25, -0.2) is 4.79 Å². The Hall–Kier alpha value is -3.55. The molecule has 0 aliphatic carbocycles. The van der Waals surface area contributed by atoms with Gasteiger partial charge in [0.1, 0.15) is 6.10 Å². The van der Waals surface area contributed by atoms with Crippen LogP contribution in [0.5, 0.6) is 0 Å². The number of carbonyl (C=O) groups excluding carboxylic acids is 1. The number of aryl methyl sites for hydroxylation is 1. The van der Waals surface area contributed by atoms with E-state index < -0.39 is 22.6 Å². The first kappa shape index (κ1) is 22.1. The zero-order valence-corrected chi connectivity index (χ0v) is 17.2. The number of methoxy groups -OCH3 is 1. The number of nitrogens with zero attached hydrogens (tertiary/aromatic N) is 1. The van der Waals surface area contributed by atoms with Crippen molar-refractivity contribution < 1.29 is 24.3 Å². The van der Waals surface area contributed by atoms with Gasteiger partial charge in [-0.1, -0.05) is 60.2 Å². The molecule has 2 atom stereocenters. The highest BCUT2D eigenvalue weighted by molar-refractivity contribution is 5.82. The summed E-state index contributed by atoms with van der Waals surface area (Å²) in [4.78, 5) is 23.6. The van der Waals surface area contributed by atoms with Crippen LogP contribution in [0, 0.1) is 17.0 Å². The van der Waals surface area contributed by atoms with Gasteiger partial charge < -0.3 is 14.6 Å². The quantitative estimate of drug-likeness (QED) is 0.332. The van der Waals surface area contributed by atoms with E-state index in [1.165, 1.54) is 31.4 Å². The number of benzene rings is 3. The van der Waals surface area contributed by atoms with Crippen molar-refractivity contribution in [2.45, 2.75) is 25.2 Å². The Morgan fingerprint density at radius 1 is 1.03 bits per heavy atom. The second kappa shape index (κ2) is 9.51. The lowest BCUT2D eigenvalue weighted by Crippen LogP contribution is -2.45. The van der Waals surface area contributed by atoms with E-state index in [1.54, 1.807) is 12.1 Å². The van der Waals surface area contributed by atoms with Gasteiger partial charge in [-0.05, 0) is 35.7 Å². The minimum absolute atomic E-state index is 0.0356. The number of non-ortho nitro benzene ring substituents is 1. The number of ether oxygens (including phenoxy) is 2. The number of nitro benzene ring substituents is 1. The number of nitro groups is 1. The molecule has 0 bridgehead atoms. The summed E-state index contributed by atoms with van der Waals surface area (Å²) in [7, 11) is 1.22. The molecule has 0 aromatic heterocycles. The Labute approximate surface area is 180 Å². The smallest absolute Gasteiger partial charge is 0.346 e. The molecule has 0 saturated heterocycles. The molecule has 0 unspecified atom stereocenters. The summed E-state index contributed by atoms with van der Waals surface area (Å²) in [6.07, 6.45) is -1.48. The first-order chi connectivity index (χ1) is 14.9. The number of rotatable bonds is 8. The third-order valence-corrected chi connectivity index (χ3v) is 5.08. The molecule has 0 amide bonds. The lowest BCUT2D eigenvalue weighted by molar-refractivity contribution is -0.384. The van der Waals surface area contributed by atoms with Gasteiger partial charge in [0.2, 0.25) is 5.60 Å². The summed E-state index contributed by atoms with van der Waals surface area (Å²) in [5.74, 6) is -0.780. The molecule has 0 aliphatic rings. The fourth-order valence-electron chi connectivity index (χ4n) is 3.35. The molecule has 0 radical (unpaired) electrons. The third-order valence-electron chi connectivity index (χ3n) is 5.08. The molecule has 0 fully saturated rings. The number of aliphatic hydroxyl groups is 1. The van der Waals surface area contributed by atoms with Crippen LogP contribution in [-0.2, 0) is 26.5 Å². The average Bonchev–Trinajstić information content (AvgIpc) is 2.80. The Morgan fingerprint density at radius 3 is 2.19 bits per heavy atom. The standard InChI is InChI=1S/C24H23NO6/c1-17-8-12-20(13-9-17)24(23(27)30-2,31-16-18-6-4-3-5-7-18)22(26)19-10-14-21(15-11-19)25(28)29/h3-15,22,26H,16H2,1-2H3/t22-,24-/m0/s1. The van der Waals surface area contributed by atoms with Crippen molar-refractivity contribution in [2.75, 3.05) is 7.11 Å². The highest BCUT2D eigenvalue weighted by Gasteiger charge is 2.50. The number of aliphatic hydroxyl groups excluding tert-OH is 1. The van der Waals surface area contributed by atoms with Crippen molar-refractivity contribution in [3.05, 3.63) is 111 Å². The van der Waals surface area contributed by atoms with E-state index in [2.05, 4.69) is 0 Å². The van der Waals surface area contributed by atoms with Crippen LogP contribution in [0.3, 0.4) is 0 Å². The van der Waals surface area contributed by atoms with Gasteiger partial charge in [-0.2, -0.15) is 0 Å². The topological polar surface area (TPSA) is 98.9 Å². The maximum atomic E-state index is 13.1. The van der Waals surface area contributed by atoms with Crippen LogP contribution in [0.1, 0.15) is 28.4 Å². The first-order valence-corrected chi connectivity index (χ1v) is 9.64. The van der Waals surface area contributed by atoms with Gasteiger partial charge in [0, 0.05) is 12.1 Å². The molecule has 0 heterocycles. The Bertz CT molecular complexity index is 1030. The Balaban J connectivity index is 2.10. The van der Waals surface area contributed by atoms with Crippen LogP contribution in [0.2, 0.25) is 0 Å². The van der Waals surface area contributed by atoms with E-state index in [-0.39, 0.29) is 17.9 Å². The van der Waals surface area contributed by atoms with Crippen LogP contribution >= 0.6 is 0 Å². The lowest BCUT2D eigenvalue weighted by Gasteiger charge is -2.36. The van der Waals surface area contributed by atoms with Gasteiger partial charge in [-0.15, -0.1) is 0 Å². The maximum absolute atomic E-state index is 13.1. The zero-order chi connectivity index (χ0) is 22.4. The minimum atomic E-state index is -1.88. The average molecular weight is 421 g/mol. The second-order valence-corrected chi connectivity index (χ2v) is 7.12. The molecule has 3 aromatic carbocycles. The van der Waals surface area contributed by atoms with E-state index in [4.69, 9.17) is 9.47 Å². The maximum Gasteiger partial charge on any atom is 0.346 e. The largest absolute Gasteiger partial charge is 0.467 e. The SMILES string of the molecule is COC(=O)[C@](OCc1ccccc1)(c1ccc(C)cc1)[C@@H](O)c1ccc([N+](=O)[O-])cc1. The lowest BCUT2D eigenvalue weighted by atomic mass is 9.83. The molecule has 1 N–H and O–H groups in total. The molecule has 0 aliphatic heterocycles. The van der Waals surface area contributed by atoms with Crippen LogP contribution in [0.25, 0.3) is 0 Å². The van der Waals surface area contributed by atoms with E-state index in [9.17, 15) is 20.0 Å². The Morgan fingerprint density at radius 2 is 1.65 bits per heavy atom. The summed E-state index contributed by atoms with van der Waals surface area (Å²) in [5, 5.41) is 22.4. The van der Waals surface area contributed by atoms with Crippen molar-refractivity contribution in [1.82, 2.24) is 0 Å². The van der Waals surface area contributed by atoms with Gasteiger partial charge in [-0.3, -0.25) is 10.1 Å². The molecule has 31 heavy (non-hydrogen) atoms. The highest BCUT2D eigenvalue weighted by atomic mass is 16.6. The van der Waals surface area contributed by atoms with Gasteiger partial charge in [0.25, 0.3) is 5.69 Å². The fraction of sp³-hybridized carbons (Fsp3) is 0.208. The van der Waals surface area contributed by atoms with E-state index in [0.717, 1.165) is 11.1 Å². The summed E-state index contributed by atoms with van der Waals surface area (Å²) >= 11 is 0. The predicted molar refractivity (Wildman–Crippen MR) is 114 cm³/mol. The molecule has 3 rings (SSSR count). The fourth-order valence-corrected chi connectivity index (χ4v) is 3.35. The summed E-state index contributed by atoms with van der Waals surface area (Å²) in [6, 6.07) is 21.6. The summed E-state index contributed by atoms with van der Waals surface area (Å²) in [5.41, 5.74) is 0.458. The number of esters is 1. The molecule has 7 heteroatoms. The predicted octanol–water partition coefficient (Wildman–Crippen LogP) is 4.22. The van der Waals surface area contributed by atoms with Gasteiger partial charge in [0.05, 0.1) is 18.6 Å². The van der Waals surface area contributed by atoms with Crippen molar-refractivity contribution in [2.24, 2.45) is 0 Å². The van der Waals surface area contributed by atoms with E-state index >= 15 is 0 Å². The molecule has 160 valence electrons. The molecule has 3 aromatic rings. The molecule has 0 spiro atoms. The normalized spacial score (nSPS) is 13.8. The van der Waals surface area contributed by atoms with Crippen LogP contribution in [0.15, 0.2) is 78.9 Å². The highest BCUT2D eigenvalue weighted by Crippen LogP contribution is 2.41. The molecule has 7 nitrogen and oxygen atoms in total. The zero-order valence-electron chi connectivity index (χ0n) is 17.2. The molecular weight excluding hydrogens is 398 g/mol. The van der Waals surface area contributed by atoms with Gasteiger partial charge >= 0.3 is 5.97 Å². The van der Waals surface area contributed by atoms with E-state index in [0.29, 0.717) is 5.56 Å². The third kappa shape index (κ3) is 4.63. The Kier molecular flexibility index (Phi) is 6.79. The number of hydrogen-bond donors (Lipinski definition) is 1. The van der Waals surface area contributed by atoms with Crippen molar-refractivity contribution in [3.63, 3.8) is 0 Å².